The first-order valence-electron chi connectivity index (χ1n) is 6.39. The van der Waals surface area contributed by atoms with E-state index in [1.54, 1.807) is 0 Å². The number of nitrogens with one attached hydrogen (secondary N) is 2. The molecule has 0 spiro atoms. The minimum atomic E-state index is -3.12. The number of halogens is 3. The van der Waals surface area contributed by atoms with Crippen molar-refractivity contribution in [3.05, 3.63) is 24.0 Å². The third-order valence-corrected chi connectivity index (χ3v) is 2.53. The van der Waals surface area contributed by atoms with Gasteiger partial charge in [-0.1, -0.05) is 13.3 Å². The Morgan fingerprint density at radius 2 is 2.14 bits per heavy atom. The Balaban J connectivity index is 2.51. The predicted octanol–water partition coefficient (Wildman–Crippen LogP) is 2.71. The van der Waals surface area contributed by atoms with Gasteiger partial charge in [-0.15, -0.1) is 0 Å². The van der Waals surface area contributed by atoms with Gasteiger partial charge >= 0.3 is 12.6 Å². The van der Waals surface area contributed by atoms with Crippen LogP contribution in [0.4, 0.5) is 23.7 Å². The second kappa shape index (κ2) is 8.35. The number of aliphatic hydroxyl groups excluding tert-OH is 1. The molecular weight excluding hydrogens is 289 g/mol. The van der Waals surface area contributed by atoms with Crippen LogP contribution in [-0.2, 0) is 0 Å². The lowest BCUT2D eigenvalue weighted by atomic mass is 10.2. The standard InChI is InChI=1S/C13H17F3N2O3/c1-2-3-9(19)7-17-13(20)18-8-4-5-11(10(14)6-8)21-12(15)16/h4-6,9,12,19H,2-3,7H2,1H3,(H2,17,18,20). The molecule has 0 saturated carbocycles. The van der Waals surface area contributed by atoms with Crippen molar-refractivity contribution in [3.8, 4) is 5.75 Å². The molecule has 1 unspecified atom stereocenters. The summed E-state index contributed by atoms with van der Waals surface area (Å²) in [5.41, 5.74) is 0.0802. The van der Waals surface area contributed by atoms with Crippen molar-refractivity contribution in [3.63, 3.8) is 0 Å². The fourth-order valence-electron chi connectivity index (χ4n) is 1.59. The molecule has 0 aliphatic rings. The van der Waals surface area contributed by atoms with Gasteiger partial charge in [0.15, 0.2) is 11.6 Å². The third kappa shape index (κ3) is 6.35. The Kier molecular flexibility index (Phi) is 6.80. The lowest BCUT2D eigenvalue weighted by molar-refractivity contribution is -0.0521. The first-order chi connectivity index (χ1) is 9.92. The lowest BCUT2D eigenvalue weighted by Gasteiger charge is -2.12. The zero-order valence-electron chi connectivity index (χ0n) is 11.4. The minimum absolute atomic E-state index is 0.0642. The molecular formula is C13H17F3N2O3. The molecule has 0 aliphatic carbocycles. The van der Waals surface area contributed by atoms with Crippen molar-refractivity contribution < 1.29 is 27.8 Å². The van der Waals surface area contributed by atoms with Crippen LogP contribution in [0.5, 0.6) is 5.75 Å². The Bertz CT molecular complexity index is 472. The van der Waals surface area contributed by atoms with E-state index in [1.165, 1.54) is 6.07 Å². The zero-order valence-corrected chi connectivity index (χ0v) is 11.4. The van der Waals surface area contributed by atoms with Gasteiger partial charge in [-0.2, -0.15) is 8.78 Å². The van der Waals surface area contributed by atoms with E-state index in [0.29, 0.717) is 6.42 Å². The van der Waals surface area contributed by atoms with Gasteiger partial charge in [0, 0.05) is 18.3 Å². The van der Waals surface area contributed by atoms with Crippen molar-refractivity contribution >= 4 is 11.7 Å². The second-order valence-electron chi connectivity index (χ2n) is 4.30. The van der Waals surface area contributed by atoms with Crippen molar-refractivity contribution in [2.24, 2.45) is 0 Å². The number of rotatable bonds is 7. The molecule has 5 nitrogen and oxygen atoms in total. The van der Waals surface area contributed by atoms with E-state index in [2.05, 4.69) is 15.4 Å². The smallest absolute Gasteiger partial charge is 0.387 e. The van der Waals surface area contributed by atoms with E-state index in [1.807, 2.05) is 6.92 Å². The molecule has 0 aliphatic heterocycles. The maximum absolute atomic E-state index is 13.4. The molecule has 1 aromatic carbocycles. The van der Waals surface area contributed by atoms with Crippen LogP contribution in [-0.4, -0.2) is 30.4 Å². The molecule has 2 amide bonds. The predicted molar refractivity (Wildman–Crippen MR) is 71.0 cm³/mol. The van der Waals surface area contributed by atoms with Crippen LogP contribution >= 0.6 is 0 Å². The highest BCUT2D eigenvalue weighted by atomic mass is 19.3. The zero-order chi connectivity index (χ0) is 15.8. The number of amides is 2. The van der Waals surface area contributed by atoms with Crippen molar-refractivity contribution in [2.45, 2.75) is 32.5 Å². The first-order valence-corrected chi connectivity index (χ1v) is 6.39. The van der Waals surface area contributed by atoms with Gasteiger partial charge in [0.2, 0.25) is 0 Å². The highest BCUT2D eigenvalue weighted by molar-refractivity contribution is 5.89. The summed E-state index contributed by atoms with van der Waals surface area (Å²) in [5.74, 6) is -1.62. The fourth-order valence-corrected chi connectivity index (χ4v) is 1.59. The number of aliphatic hydroxyl groups is 1. The van der Waals surface area contributed by atoms with Crippen LogP contribution in [0.1, 0.15) is 19.8 Å². The number of benzene rings is 1. The molecule has 0 saturated heterocycles. The van der Waals surface area contributed by atoms with Gasteiger partial charge < -0.3 is 20.5 Å². The highest BCUT2D eigenvalue weighted by Gasteiger charge is 2.12. The monoisotopic (exact) mass is 306 g/mol. The Hall–Kier alpha value is -1.96. The van der Waals surface area contributed by atoms with E-state index in [4.69, 9.17) is 0 Å². The van der Waals surface area contributed by atoms with E-state index < -0.39 is 30.3 Å². The molecule has 0 heterocycles. The van der Waals surface area contributed by atoms with Gasteiger partial charge in [-0.3, -0.25) is 0 Å². The maximum atomic E-state index is 13.4. The largest absolute Gasteiger partial charge is 0.432 e. The normalized spacial score (nSPS) is 12.1. The number of anilines is 1. The number of hydrogen-bond acceptors (Lipinski definition) is 3. The molecule has 3 N–H and O–H groups in total. The average molecular weight is 306 g/mol. The summed E-state index contributed by atoms with van der Waals surface area (Å²) < 4.78 is 41.3. The summed E-state index contributed by atoms with van der Waals surface area (Å²) in [6.45, 7) is -1.16. The molecule has 0 bridgehead atoms. The number of urea groups is 1. The van der Waals surface area contributed by atoms with Crippen LogP contribution in [0.15, 0.2) is 18.2 Å². The third-order valence-electron chi connectivity index (χ3n) is 2.53. The molecule has 1 rings (SSSR count). The molecule has 118 valence electrons. The Morgan fingerprint density at radius 3 is 2.71 bits per heavy atom. The average Bonchev–Trinajstić information content (AvgIpc) is 2.39. The fraction of sp³-hybridized carbons (Fsp3) is 0.462. The summed E-state index contributed by atoms with van der Waals surface area (Å²) in [5, 5.41) is 14.2. The Morgan fingerprint density at radius 1 is 1.43 bits per heavy atom. The van der Waals surface area contributed by atoms with Crippen LogP contribution in [0.3, 0.4) is 0 Å². The molecule has 0 fully saturated rings. The van der Waals surface area contributed by atoms with Gasteiger partial charge in [-0.25, -0.2) is 9.18 Å². The van der Waals surface area contributed by atoms with Crippen molar-refractivity contribution in [1.82, 2.24) is 5.32 Å². The molecule has 1 atom stereocenters. The van der Waals surface area contributed by atoms with Gasteiger partial charge in [0.1, 0.15) is 0 Å². The summed E-state index contributed by atoms with van der Waals surface area (Å²) >= 11 is 0. The molecule has 21 heavy (non-hydrogen) atoms. The number of alkyl halides is 2. The first kappa shape index (κ1) is 17.1. The van der Waals surface area contributed by atoms with Crippen LogP contribution < -0.4 is 15.4 Å². The molecule has 8 heteroatoms. The maximum Gasteiger partial charge on any atom is 0.387 e. The van der Waals surface area contributed by atoms with Crippen LogP contribution in [0.2, 0.25) is 0 Å². The van der Waals surface area contributed by atoms with Gasteiger partial charge in [-0.05, 0) is 18.6 Å². The summed E-state index contributed by atoms with van der Waals surface area (Å²) in [7, 11) is 0. The topological polar surface area (TPSA) is 70.6 Å². The minimum Gasteiger partial charge on any atom is -0.432 e. The highest BCUT2D eigenvalue weighted by Crippen LogP contribution is 2.22. The van der Waals surface area contributed by atoms with Crippen LogP contribution in [0, 0.1) is 5.82 Å². The van der Waals surface area contributed by atoms with Crippen molar-refractivity contribution in [1.29, 1.82) is 0 Å². The quantitative estimate of drug-likeness (QED) is 0.725. The van der Waals surface area contributed by atoms with Crippen LogP contribution in [0.25, 0.3) is 0 Å². The summed E-state index contributed by atoms with van der Waals surface area (Å²) in [6.07, 6.45) is 0.676. The van der Waals surface area contributed by atoms with Gasteiger partial charge in [0.25, 0.3) is 0 Å². The summed E-state index contributed by atoms with van der Waals surface area (Å²) in [4.78, 5) is 11.5. The SMILES string of the molecule is CCCC(O)CNC(=O)Nc1ccc(OC(F)F)c(F)c1. The Labute approximate surface area is 120 Å². The lowest BCUT2D eigenvalue weighted by Crippen LogP contribution is -2.35. The molecule has 1 aromatic rings. The van der Waals surface area contributed by atoms with E-state index >= 15 is 0 Å². The van der Waals surface area contributed by atoms with E-state index in [-0.39, 0.29) is 12.2 Å². The van der Waals surface area contributed by atoms with Gasteiger partial charge in [0.05, 0.1) is 6.10 Å². The molecule has 0 aromatic heterocycles. The molecule has 0 radical (unpaired) electrons. The summed E-state index contributed by atoms with van der Waals surface area (Å²) in [6, 6.07) is 2.44. The van der Waals surface area contributed by atoms with E-state index in [0.717, 1.165) is 18.6 Å². The number of hydrogen-bond donors (Lipinski definition) is 3. The second-order valence-corrected chi connectivity index (χ2v) is 4.30. The van der Waals surface area contributed by atoms with Crippen molar-refractivity contribution in [2.75, 3.05) is 11.9 Å². The number of carbonyl (C=O) groups excluding carboxylic acids is 1. The number of carbonyl (C=O) groups is 1. The number of ether oxygens (including phenoxy) is 1. The van der Waals surface area contributed by atoms with E-state index in [9.17, 15) is 23.1 Å².